The number of fused-ring (bicyclic) bond motifs is 1. The van der Waals surface area contributed by atoms with Crippen LogP contribution in [0.4, 0.5) is 0 Å². The maximum Gasteiger partial charge on any atom is 0.270 e. The zero-order valence-electron chi connectivity index (χ0n) is 19.7. The van der Waals surface area contributed by atoms with Crippen molar-refractivity contribution in [1.82, 2.24) is 14.8 Å². The number of hydrogen-bond donors (Lipinski definition) is 1. The summed E-state index contributed by atoms with van der Waals surface area (Å²) < 4.78 is 5.32. The Morgan fingerprint density at radius 2 is 1.94 bits per heavy atom. The van der Waals surface area contributed by atoms with E-state index in [1.165, 1.54) is 5.56 Å². The van der Waals surface area contributed by atoms with Gasteiger partial charge in [-0.15, -0.1) is 0 Å². The molecule has 1 aromatic heterocycles. The Morgan fingerprint density at radius 3 is 2.62 bits per heavy atom. The van der Waals surface area contributed by atoms with Crippen molar-refractivity contribution in [2.75, 3.05) is 33.3 Å². The number of para-hydroxylation sites is 1. The van der Waals surface area contributed by atoms with Crippen molar-refractivity contribution in [1.29, 1.82) is 0 Å². The molecule has 1 saturated heterocycles. The largest absolute Gasteiger partial charge is 0.497 e. The van der Waals surface area contributed by atoms with Gasteiger partial charge in [0.2, 0.25) is 0 Å². The van der Waals surface area contributed by atoms with Gasteiger partial charge in [-0.3, -0.25) is 9.69 Å². The van der Waals surface area contributed by atoms with Crippen molar-refractivity contribution in [3.8, 4) is 5.75 Å². The summed E-state index contributed by atoms with van der Waals surface area (Å²) in [6.45, 7) is 10.2. The highest BCUT2D eigenvalue weighted by Gasteiger charge is 2.34. The summed E-state index contributed by atoms with van der Waals surface area (Å²) in [6, 6.07) is 18.4. The highest BCUT2D eigenvalue weighted by molar-refractivity contribution is 5.98. The number of hydrogen-bond acceptors (Lipinski definition) is 3. The molecule has 1 unspecified atom stereocenters. The molecule has 1 amide bonds. The quantitative estimate of drug-likeness (QED) is 0.551. The van der Waals surface area contributed by atoms with Crippen LogP contribution >= 0.6 is 0 Å². The Hall–Kier alpha value is -2.79. The number of H-pyrrole nitrogens is 1. The molecular weight excluding hydrogens is 398 g/mol. The highest BCUT2D eigenvalue weighted by Crippen LogP contribution is 2.33. The lowest BCUT2D eigenvalue weighted by Gasteiger charge is -2.45. The predicted octanol–water partition coefficient (Wildman–Crippen LogP) is 5.29. The van der Waals surface area contributed by atoms with Crippen molar-refractivity contribution < 1.29 is 9.53 Å². The molecule has 32 heavy (non-hydrogen) atoms. The first-order valence-electron chi connectivity index (χ1n) is 11.7. The van der Waals surface area contributed by atoms with Crippen LogP contribution in [-0.2, 0) is 5.54 Å². The van der Waals surface area contributed by atoms with Gasteiger partial charge in [-0.25, -0.2) is 0 Å². The molecule has 1 atom stereocenters. The second-order valence-electron chi connectivity index (χ2n) is 9.36. The van der Waals surface area contributed by atoms with E-state index in [0.717, 1.165) is 49.1 Å². The number of aromatic nitrogens is 1. The molecule has 1 aliphatic heterocycles. The van der Waals surface area contributed by atoms with Crippen LogP contribution in [0.15, 0.2) is 54.6 Å². The zero-order chi connectivity index (χ0) is 22.7. The van der Waals surface area contributed by atoms with Crippen LogP contribution in [0.1, 0.15) is 49.7 Å². The van der Waals surface area contributed by atoms with Gasteiger partial charge < -0.3 is 14.6 Å². The normalized spacial score (nSPS) is 17.4. The molecule has 0 bridgehead atoms. The van der Waals surface area contributed by atoms with Gasteiger partial charge in [0.15, 0.2) is 0 Å². The maximum atomic E-state index is 13.2. The Labute approximate surface area is 191 Å². The summed E-state index contributed by atoms with van der Waals surface area (Å²) in [5.41, 5.74) is 2.92. The molecule has 5 nitrogen and oxygen atoms in total. The summed E-state index contributed by atoms with van der Waals surface area (Å²) in [4.78, 5) is 21.1. The van der Waals surface area contributed by atoms with Crippen LogP contribution in [0, 0.1) is 5.92 Å². The monoisotopic (exact) mass is 433 g/mol. The SMILES string of the molecule is CCN(CC1CCCN(C(C)(C)c2ccc(OC)cc2)C1)C(=O)c1cc2ccccc2[nH]1. The van der Waals surface area contributed by atoms with E-state index in [0.29, 0.717) is 18.2 Å². The van der Waals surface area contributed by atoms with E-state index in [9.17, 15) is 4.79 Å². The Kier molecular flexibility index (Phi) is 6.56. The van der Waals surface area contributed by atoms with Gasteiger partial charge in [-0.05, 0) is 75.9 Å². The summed E-state index contributed by atoms with van der Waals surface area (Å²) in [7, 11) is 1.70. The van der Waals surface area contributed by atoms with Gasteiger partial charge >= 0.3 is 0 Å². The number of benzene rings is 2. The van der Waals surface area contributed by atoms with E-state index < -0.39 is 0 Å². The lowest BCUT2D eigenvalue weighted by Crippen LogP contribution is -2.49. The molecule has 0 radical (unpaired) electrons. The van der Waals surface area contributed by atoms with E-state index in [1.807, 2.05) is 47.4 Å². The number of aromatic amines is 1. The number of amides is 1. The second-order valence-corrected chi connectivity index (χ2v) is 9.36. The predicted molar refractivity (Wildman–Crippen MR) is 130 cm³/mol. The molecule has 1 N–H and O–H groups in total. The number of carbonyl (C=O) groups is 1. The fourth-order valence-electron chi connectivity index (χ4n) is 4.93. The van der Waals surface area contributed by atoms with Crippen molar-refractivity contribution >= 4 is 16.8 Å². The van der Waals surface area contributed by atoms with Gasteiger partial charge in [0, 0.05) is 36.1 Å². The molecule has 170 valence electrons. The van der Waals surface area contributed by atoms with Crippen LogP contribution in [0.3, 0.4) is 0 Å². The molecule has 5 heteroatoms. The Balaban J connectivity index is 1.45. The Morgan fingerprint density at radius 1 is 1.19 bits per heavy atom. The first-order valence-corrected chi connectivity index (χ1v) is 11.7. The van der Waals surface area contributed by atoms with E-state index >= 15 is 0 Å². The second kappa shape index (κ2) is 9.37. The van der Waals surface area contributed by atoms with E-state index in [-0.39, 0.29) is 11.4 Å². The topological polar surface area (TPSA) is 48.6 Å². The number of carbonyl (C=O) groups excluding carboxylic acids is 1. The lowest BCUT2D eigenvalue weighted by atomic mass is 9.87. The number of methoxy groups -OCH3 is 1. The summed E-state index contributed by atoms with van der Waals surface area (Å²) in [5.74, 6) is 1.44. The van der Waals surface area contributed by atoms with Crippen molar-refractivity contribution in [2.24, 2.45) is 5.92 Å². The van der Waals surface area contributed by atoms with Crippen molar-refractivity contribution in [2.45, 2.75) is 39.2 Å². The number of ether oxygens (including phenoxy) is 1. The first kappa shape index (κ1) is 22.4. The van der Waals surface area contributed by atoms with Gasteiger partial charge in [0.1, 0.15) is 11.4 Å². The number of likely N-dealkylation sites (tertiary alicyclic amines) is 1. The average Bonchev–Trinajstić information content (AvgIpc) is 3.26. The molecule has 0 saturated carbocycles. The van der Waals surface area contributed by atoms with E-state index in [2.05, 4.69) is 42.8 Å². The van der Waals surface area contributed by atoms with Crippen molar-refractivity contribution in [3.63, 3.8) is 0 Å². The average molecular weight is 434 g/mol. The fraction of sp³-hybridized carbons (Fsp3) is 0.444. The number of rotatable bonds is 7. The van der Waals surface area contributed by atoms with Gasteiger partial charge in [0.25, 0.3) is 5.91 Å². The van der Waals surface area contributed by atoms with E-state index in [4.69, 9.17) is 4.74 Å². The molecule has 4 rings (SSSR count). The minimum Gasteiger partial charge on any atom is -0.497 e. The fourth-order valence-corrected chi connectivity index (χ4v) is 4.93. The zero-order valence-corrected chi connectivity index (χ0v) is 19.7. The standard InChI is InChI=1S/C27H35N3O2/c1-5-29(26(31)25-17-21-10-6-7-11-24(21)28-25)18-20-9-8-16-30(19-20)27(2,3)22-12-14-23(32-4)15-13-22/h6-7,10-15,17,20,28H,5,8-9,16,18-19H2,1-4H3. The number of nitrogens with one attached hydrogen (secondary N) is 1. The molecular formula is C27H35N3O2. The van der Waals surface area contributed by atoms with Gasteiger partial charge in [0.05, 0.1) is 7.11 Å². The third-order valence-electron chi connectivity index (χ3n) is 7.01. The van der Waals surface area contributed by atoms with Crippen LogP contribution in [0.5, 0.6) is 5.75 Å². The molecule has 3 aromatic rings. The molecule has 1 aliphatic rings. The van der Waals surface area contributed by atoms with Crippen LogP contribution in [-0.4, -0.2) is 54.0 Å². The summed E-state index contributed by atoms with van der Waals surface area (Å²) in [6.07, 6.45) is 2.31. The van der Waals surface area contributed by atoms with Gasteiger partial charge in [-0.1, -0.05) is 30.3 Å². The smallest absolute Gasteiger partial charge is 0.270 e. The summed E-state index contributed by atoms with van der Waals surface area (Å²) in [5, 5.41) is 1.08. The number of nitrogens with zero attached hydrogens (tertiary/aromatic N) is 2. The molecule has 2 heterocycles. The molecule has 0 spiro atoms. The number of piperidine rings is 1. The third kappa shape index (κ3) is 4.53. The van der Waals surface area contributed by atoms with Crippen LogP contribution in [0.2, 0.25) is 0 Å². The Bertz CT molecular complexity index is 1020. The molecule has 1 fully saturated rings. The first-order chi connectivity index (χ1) is 15.4. The van der Waals surface area contributed by atoms with Crippen LogP contribution < -0.4 is 4.74 Å². The third-order valence-corrected chi connectivity index (χ3v) is 7.01. The minimum atomic E-state index is -0.0663. The van der Waals surface area contributed by atoms with Crippen molar-refractivity contribution in [3.05, 3.63) is 65.9 Å². The lowest BCUT2D eigenvalue weighted by molar-refractivity contribution is 0.0461. The minimum absolute atomic E-state index is 0.0663. The van der Waals surface area contributed by atoms with E-state index in [1.54, 1.807) is 7.11 Å². The molecule has 0 aliphatic carbocycles. The van der Waals surface area contributed by atoms with Crippen LogP contribution in [0.25, 0.3) is 10.9 Å². The summed E-state index contributed by atoms with van der Waals surface area (Å²) >= 11 is 0. The maximum absolute atomic E-state index is 13.2. The van der Waals surface area contributed by atoms with Gasteiger partial charge in [-0.2, -0.15) is 0 Å². The highest BCUT2D eigenvalue weighted by atomic mass is 16.5. The molecule has 2 aromatic carbocycles.